The Morgan fingerprint density at radius 3 is 1.38 bits per heavy atom. The van der Waals surface area contributed by atoms with Crippen LogP contribution in [0.2, 0.25) is 0 Å². The summed E-state index contributed by atoms with van der Waals surface area (Å²) in [5, 5.41) is 16.7. The van der Waals surface area contributed by atoms with Gasteiger partial charge in [-0.25, -0.2) is 0 Å². The molecule has 6 heteroatoms. The monoisotopic (exact) mass is 220 g/mol. The minimum Gasteiger partial charge on any atom is -0.481 e. The molecule has 0 bridgehead atoms. The number of rotatable bonds is 6. The van der Waals surface area contributed by atoms with Gasteiger partial charge in [-0.15, -0.1) is 0 Å². The van der Waals surface area contributed by atoms with E-state index in [4.69, 9.17) is 34.6 Å². The third-order valence-electron chi connectivity index (χ3n) is 1.09. The van der Waals surface area contributed by atoms with E-state index in [2.05, 4.69) is 0 Å². The van der Waals surface area contributed by atoms with Crippen molar-refractivity contribution < 1.29 is 19.8 Å². The number of hydrogen-bond acceptors (Lipinski definition) is 4. The highest BCUT2D eigenvalue weighted by molar-refractivity contribution is 7.82. The van der Waals surface area contributed by atoms with Crippen LogP contribution < -0.4 is 0 Å². The lowest BCUT2D eigenvalue weighted by atomic mass is 10.1. The van der Waals surface area contributed by atoms with Crippen LogP contribution in [0.5, 0.6) is 0 Å². The Bertz CT molecular complexity index is 233. The highest BCUT2D eigenvalue weighted by atomic mass is 32.1. The van der Waals surface area contributed by atoms with Gasteiger partial charge in [-0.3, -0.25) is 9.59 Å². The normalized spacial score (nSPS) is 9.23. The topological polar surface area (TPSA) is 74.6 Å². The first-order valence-corrected chi connectivity index (χ1v) is 4.20. The second-order valence-corrected chi connectivity index (χ2v) is 3.55. The molecule has 0 aliphatic carbocycles. The molecule has 72 valence electrons. The first-order chi connectivity index (χ1) is 5.91. The van der Waals surface area contributed by atoms with Gasteiger partial charge in [-0.1, -0.05) is 24.4 Å². The molecule has 0 spiro atoms. The Balaban J connectivity index is 3.85. The zero-order chi connectivity index (χ0) is 10.4. The molecule has 0 radical (unpaired) electrons. The SMILES string of the molecule is O=C(O)CC(=S)CC(=S)CC(=O)O. The van der Waals surface area contributed by atoms with E-state index < -0.39 is 11.9 Å². The Morgan fingerprint density at radius 2 is 1.15 bits per heavy atom. The molecule has 0 fully saturated rings. The van der Waals surface area contributed by atoms with E-state index in [1.165, 1.54) is 0 Å². The van der Waals surface area contributed by atoms with E-state index in [9.17, 15) is 9.59 Å². The van der Waals surface area contributed by atoms with Crippen molar-refractivity contribution in [3.8, 4) is 0 Å². The lowest BCUT2D eigenvalue weighted by Gasteiger charge is -2.00. The Hall–Kier alpha value is -0.880. The van der Waals surface area contributed by atoms with E-state index in [0.29, 0.717) is 0 Å². The molecule has 0 saturated heterocycles. The van der Waals surface area contributed by atoms with Crippen LogP contribution in [0.25, 0.3) is 0 Å². The van der Waals surface area contributed by atoms with Crippen molar-refractivity contribution in [3.63, 3.8) is 0 Å². The molecule has 0 aromatic rings. The Kier molecular flexibility index (Phi) is 5.33. The predicted molar refractivity (Wildman–Crippen MR) is 54.3 cm³/mol. The summed E-state index contributed by atoms with van der Waals surface area (Å²) in [4.78, 5) is 20.9. The molecule has 4 nitrogen and oxygen atoms in total. The van der Waals surface area contributed by atoms with Crippen LogP contribution in [0.3, 0.4) is 0 Å². The van der Waals surface area contributed by atoms with E-state index >= 15 is 0 Å². The number of hydrogen-bond donors (Lipinski definition) is 2. The summed E-state index contributed by atoms with van der Waals surface area (Å²) in [6.45, 7) is 0. The van der Waals surface area contributed by atoms with Crippen molar-refractivity contribution in [2.75, 3.05) is 0 Å². The second-order valence-electron chi connectivity index (χ2n) is 2.40. The van der Waals surface area contributed by atoms with Crippen LogP contribution in [0.1, 0.15) is 19.3 Å². The van der Waals surface area contributed by atoms with Crippen molar-refractivity contribution in [2.24, 2.45) is 0 Å². The van der Waals surface area contributed by atoms with Gasteiger partial charge in [0.1, 0.15) is 0 Å². The first kappa shape index (κ1) is 12.1. The Labute approximate surface area is 85.6 Å². The fraction of sp³-hybridized carbons (Fsp3) is 0.429. The van der Waals surface area contributed by atoms with Crippen molar-refractivity contribution in [1.29, 1.82) is 0 Å². The standard InChI is InChI=1S/C7H8O4S2/c8-6(9)2-4(12)1-5(13)3-7(10)11/h1-3H2,(H,8,9)(H,10,11). The molecule has 0 unspecified atom stereocenters. The summed E-state index contributed by atoms with van der Waals surface area (Å²) in [7, 11) is 0. The minimum atomic E-state index is -1.02. The molecule has 0 aliphatic rings. The minimum absolute atomic E-state index is 0.114. The fourth-order valence-corrected chi connectivity index (χ4v) is 1.37. The number of thiocarbonyl (C=S) groups is 2. The fourth-order valence-electron chi connectivity index (χ4n) is 0.682. The van der Waals surface area contributed by atoms with Crippen LogP contribution >= 0.6 is 24.4 Å². The van der Waals surface area contributed by atoms with Crippen LogP contribution in [0.15, 0.2) is 0 Å². The van der Waals surface area contributed by atoms with Crippen LogP contribution in [-0.4, -0.2) is 31.9 Å². The molecule has 2 N–H and O–H groups in total. The van der Waals surface area contributed by atoms with E-state index in [1.54, 1.807) is 0 Å². The summed E-state index contributed by atoms with van der Waals surface area (Å²) < 4.78 is 0. The number of aliphatic carboxylic acids is 2. The Morgan fingerprint density at radius 1 is 0.846 bits per heavy atom. The van der Waals surface area contributed by atoms with Gasteiger partial charge in [0, 0.05) is 16.1 Å². The third-order valence-corrected chi connectivity index (χ3v) is 1.67. The van der Waals surface area contributed by atoms with Gasteiger partial charge in [0.05, 0.1) is 12.8 Å². The number of carboxylic acids is 2. The molecular formula is C7H8O4S2. The highest BCUT2D eigenvalue weighted by Crippen LogP contribution is 2.00. The third kappa shape index (κ3) is 7.48. The van der Waals surface area contributed by atoms with Crippen LogP contribution in [-0.2, 0) is 9.59 Å². The van der Waals surface area contributed by atoms with Gasteiger partial charge in [0.15, 0.2) is 0 Å². The number of carboxylic acid groups (broad SMARTS) is 2. The van der Waals surface area contributed by atoms with Gasteiger partial charge >= 0.3 is 11.9 Å². The van der Waals surface area contributed by atoms with Crippen molar-refractivity contribution >= 4 is 46.1 Å². The molecule has 0 aromatic carbocycles. The van der Waals surface area contributed by atoms with Crippen LogP contribution in [0, 0.1) is 0 Å². The smallest absolute Gasteiger partial charge is 0.308 e. The van der Waals surface area contributed by atoms with Crippen molar-refractivity contribution in [2.45, 2.75) is 19.3 Å². The molecule has 0 rings (SSSR count). The van der Waals surface area contributed by atoms with Crippen LogP contribution in [0.4, 0.5) is 0 Å². The predicted octanol–water partition coefficient (Wildman–Crippen LogP) is 1.07. The second kappa shape index (κ2) is 5.71. The highest BCUT2D eigenvalue weighted by Gasteiger charge is 2.09. The van der Waals surface area contributed by atoms with Crippen molar-refractivity contribution in [1.82, 2.24) is 0 Å². The molecule has 0 aromatic heterocycles. The van der Waals surface area contributed by atoms with Gasteiger partial charge in [0.25, 0.3) is 0 Å². The zero-order valence-corrected chi connectivity index (χ0v) is 8.28. The lowest BCUT2D eigenvalue weighted by Crippen LogP contribution is -2.12. The molecule has 0 aliphatic heterocycles. The molecule has 0 amide bonds. The lowest BCUT2D eigenvalue weighted by molar-refractivity contribution is -0.136. The summed E-state index contributed by atoms with van der Waals surface area (Å²) in [6, 6.07) is 0. The average molecular weight is 220 g/mol. The molecule has 0 heterocycles. The maximum absolute atomic E-state index is 10.2. The average Bonchev–Trinajstić information content (AvgIpc) is 1.80. The van der Waals surface area contributed by atoms with Gasteiger partial charge in [-0.2, -0.15) is 0 Å². The van der Waals surface area contributed by atoms with E-state index in [1.807, 2.05) is 0 Å². The quantitative estimate of drug-likeness (QED) is 0.652. The van der Waals surface area contributed by atoms with Gasteiger partial charge in [0.2, 0.25) is 0 Å². The molecular weight excluding hydrogens is 212 g/mol. The summed E-state index contributed by atoms with van der Waals surface area (Å²) in [6.07, 6.45) is -0.368. The largest absolute Gasteiger partial charge is 0.481 e. The van der Waals surface area contributed by atoms with Gasteiger partial charge < -0.3 is 10.2 Å². The van der Waals surface area contributed by atoms with E-state index in [0.717, 1.165) is 0 Å². The summed E-state index contributed by atoms with van der Waals surface area (Å²) >= 11 is 9.40. The zero-order valence-electron chi connectivity index (χ0n) is 6.65. The van der Waals surface area contributed by atoms with Gasteiger partial charge in [-0.05, 0) is 0 Å². The van der Waals surface area contributed by atoms with Crippen molar-refractivity contribution in [3.05, 3.63) is 0 Å². The number of carbonyl (C=O) groups is 2. The molecule has 13 heavy (non-hydrogen) atoms. The molecule has 0 saturated carbocycles. The summed E-state index contributed by atoms with van der Waals surface area (Å²) in [5.41, 5.74) is 0. The maximum atomic E-state index is 10.2. The van der Waals surface area contributed by atoms with E-state index in [-0.39, 0.29) is 29.0 Å². The summed E-state index contributed by atoms with van der Waals surface area (Å²) in [5.74, 6) is -2.05. The maximum Gasteiger partial charge on any atom is 0.308 e. The first-order valence-electron chi connectivity index (χ1n) is 3.39. The molecule has 0 atom stereocenters.